The van der Waals surface area contributed by atoms with E-state index in [1.54, 1.807) is 16.2 Å². The molecule has 2 fully saturated rings. The third-order valence-corrected chi connectivity index (χ3v) is 7.89. The Balaban J connectivity index is 1.15. The Morgan fingerprint density at radius 3 is 2.60 bits per heavy atom. The molecule has 1 aromatic carbocycles. The number of thioether (sulfide) groups is 1. The predicted molar refractivity (Wildman–Crippen MR) is 131 cm³/mol. The van der Waals surface area contributed by atoms with Gasteiger partial charge in [0, 0.05) is 31.6 Å². The quantitative estimate of drug-likeness (QED) is 0.356. The van der Waals surface area contributed by atoms with Gasteiger partial charge in [0.2, 0.25) is 5.89 Å². The van der Waals surface area contributed by atoms with Gasteiger partial charge < -0.3 is 18.8 Å². The Morgan fingerprint density at radius 2 is 1.86 bits per heavy atom. The Kier molecular flexibility index (Phi) is 6.15. The molecule has 6 rings (SSSR count). The number of carbonyl (C=O) groups is 1. The number of hydrogen-bond donors (Lipinski definition) is 0. The van der Waals surface area contributed by atoms with E-state index in [1.165, 1.54) is 18.0 Å². The summed E-state index contributed by atoms with van der Waals surface area (Å²) in [6.45, 7) is 2.37. The predicted octanol–water partition coefficient (Wildman–Crippen LogP) is 4.26. The minimum atomic E-state index is -0.515. The molecular formula is C24H23N5O4S2. The fourth-order valence-corrected chi connectivity index (χ4v) is 5.84. The molecule has 0 bridgehead atoms. The van der Waals surface area contributed by atoms with Gasteiger partial charge in [-0.1, -0.05) is 36.0 Å². The fourth-order valence-electron chi connectivity index (χ4n) is 4.34. The first-order valence-corrected chi connectivity index (χ1v) is 13.3. The van der Waals surface area contributed by atoms with Gasteiger partial charge in [-0.3, -0.25) is 9.36 Å². The molecule has 11 heteroatoms. The van der Waals surface area contributed by atoms with E-state index in [0.717, 1.165) is 21.5 Å². The maximum Gasteiger partial charge on any atom is 0.275 e. The minimum absolute atomic E-state index is 0.134. The van der Waals surface area contributed by atoms with Gasteiger partial charge in [-0.15, -0.1) is 21.5 Å². The van der Waals surface area contributed by atoms with Crippen molar-refractivity contribution in [2.45, 2.75) is 29.5 Å². The van der Waals surface area contributed by atoms with Crippen LogP contribution in [0.2, 0.25) is 0 Å². The van der Waals surface area contributed by atoms with Gasteiger partial charge in [0.15, 0.2) is 22.5 Å². The lowest BCUT2D eigenvalue weighted by atomic mass is 10.0. The van der Waals surface area contributed by atoms with Crippen molar-refractivity contribution in [3.8, 4) is 16.4 Å². The summed E-state index contributed by atoms with van der Waals surface area (Å²) >= 11 is 3.08. The molecule has 1 amide bonds. The van der Waals surface area contributed by atoms with Crippen molar-refractivity contribution < 1.29 is 18.7 Å². The topological polar surface area (TPSA) is 95.5 Å². The van der Waals surface area contributed by atoms with Gasteiger partial charge in [-0.2, -0.15) is 0 Å². The molecule has 0 N–H and O–H groups in total. The molecule has 180 valence electrons. The van der Waals surface area contributed by atoms with Gasteiger partial charge in [0.05, 0.1) is 23.8 Å². The zero-order valence-corrected chi connectivity index (χ0v) is 20.5. The number of amides is 1. The van der Waals surface area contributed by atoms with Crippen LogP contribution in [0.1, 0.15) is 29.2 Å². The number of piperidine rings is 1. The number of para-hydroxylation sites is 1. The van der Waals surface area contributed by atoms with E-state index in [2.05, 4.69) is 15.2 Å². The van der Waals surface area contributed by atoms with Gasteiger partial charge in [0.1, 0.15) is 6.26 Å². The molecule has 0 saturated carbocycles. The highest BCUT2D eigenvalue weighted by atomic mass is 32.2. The first-order valence-electron chi connectivity index (χ1n) is 11.4. The summed E-state index contributed by atoms with van der Waals surface area (Å²) in [5, 5.41) is 11.6. The average molecular weight is 510 g/mol. The molecule has 1 spiro atoms. The maximum absolute atomic E-state index is 13.0. The van der Waals surface area contributed by atoms with E-state index in [0.29, 0.717) is 56.5 Å². The van der Waals surface area contributed by atoms with Crippen LogP contribution in [-0.4, -0.2) is 62.6 Å². The Morgan fingerprint density at radius 1 is 1.06 bits per heavy atom. The van der Waals surface area contributed by atoms with Gasteiger partial charge in [-0.25, -0.2) is 4.98 Å². The van der Waals surface area contributed by atoms with Crippen molar-refractivity contribution in [2.75, 3.05) is 26.3 Å². The molecular weight excluding hydrogens is 486 g/mol. The summed E-state index contributed by atoms with van der Waals surface area (Å²) < 4.78 is 19.2. The summed E-state index contributed by atoms with van der Waals surface area (Å²) in [6.07, 6.45) is 2.77. The van der Waals surface area contributed by atoms with E-state index in [1.807, 2.05) is 52.4 Å². The second kappa shape index (κ2) is 9.57. The van der Waals surface area contributed by atoms with Crippen molar-refractivity contribution in [2.24, 2.45) is 0 Å². The molecule has 0 unspecified atom stereocenters. The molecule has 0 aliphatic carbocycles. The molecule has 35 heavy (non-hydrogen) atoms. The molecule has 2 aliphatic heterocycles. The zero-order chi connectivity index (χ0) is 23.7. The molecule has 5 heterocycles. The highest BCUT2D eigenvalue weighted by Gasteiger charge is 2.41. The lowest BCUT2D eigenvalue weighted by molar-refractivity contribution is -0.181. The van der Waals surface area contributed by atoms with Crippen molar-refractivity contribution >= 4 is 29.0 Å². The number of thiophene rings is 1. The summed E-state index contributed by atoms with van der Waals surface area (Å²) in [5.41, 5.74) is 1.29. The van der Waals surface area contributed by atoms with Crippen molar-refractivity contribution in [3.05, 3.63) is 65.7 Å². The van der Waals surface area contributed by atoms with Gasteiger partial charge >= 0.3 is 0 Å². The molecule has 0 radical (unpaired) electrons. The Hall–Kier alpha value is -2.99. The first kappa shape index (κ1) is 22.5. The summed E-state index contributed by atoms with van der Waals surface area (Å²) in [7, 11) is 0. The summed E-state index contributed by atoms with van der Waals surface area (Å²) in [4.78, 5) is 20.2. The largest absolute Gasteiger partial charge is 0.447 e. The van der Waals surface area contributed by atoms with E-state index in [4.69, 9.17) is 13.9 Å². The molecule has 0 atom stereocenters. The van der Waals surface area contributed by atoms with Crippen LogP contribution in [-0.2, 0) is 15.2 Å². The van der Waals surface area contributed by atoms with Crippen molar-refractivity contribution in [1.29, 1.82) is 0 Å². The Bertz CT molecular complexity index is 1290. The number of benzene rings is 1. The van der Waals surface area contributed by atoms with Crippen LogP contribution in [0.4, 0.5) is 0 Å². The van der Waals surface area contributed by atoms with Crippen LogP contribution in [0.15, 0.2) is 63.7 Å². The Labute approximate surface area is 210 Å². The molecule has 2 aliphatic rings. The van der Waals surface area contributed by atoms with E-state index < -0.39 is 5.79 Å². The van der Waals surface area contributed by atoms with Crippen LogP contribution in [0.25, 0.3) is 16.4 Å². The monoisotopic (exact) mass is 509 g/mol. The molecule has 4 aromatic rings. The number of nitrogens with zero attached hydrogens (tertiary/aromatic N) is 5. The van der Waals surface area contributed by atoms with Crippen molar-refractivity contribution in [3.63, 3.8) is 0 Å². The number of aromatic nitrogens is 4. The summed E-state index contributed by atoms with van der Waals surface area (Å²) in [5.74, 6) is 1.03. The van der Waals surface area contributed by atoms with Crippen LogP contribution in [0.5, 0.6) is 0 Å². The van der Waals surface area contributed by atoms with Crippen molar-refractivity contribution in [1.82, 2.24) is 24.6 Å². The number of likely N-dealkylation sites (tertiary alicyclic amines) is 1. The molecule has 2 saturated heterocycles. The zero-order valence-electron chi connectivity index (χ0n) is 18.8. The number of ether oxygens (including phenoxy) is 2. The standard InChI is InChI=1S/C24H23N5O4S2/c30-22(28-10-8-24(9-11-28)32-12-13-33-24)18-15-31-20(25-18)16-35-23-27-26-21(19-7-4-14-34-19)29(23)17-5-2-1-3-6-17/h1-7,14-15H,8-13,16H2. The van der Waals surface area contributed by atoms with Gasteiger partial charge in [-0.05, 0) is 23.6 Å². The van der Waals surface area contributed by atoms with E-state index >= 15 is 0 Å². The van der Waals surface area contributed by atoms with Gasteiger partial charge in [0.25, 0.3) is 5.91 Å². The third kappa shape index (κ3) is 4.52. The highest BCUT2D eigenvalue weighted by molar-refractivity contribution is 7.98. The lowest BCUT2D eigenvalue weighted by Gasteiger charge is -2.37. The highest BCUT2D eigenvalue weighted by Crippen LogP contribution is 2.33. The molecule has 9 nitrogen and oxygen atoms in total. The average Bonchev–Trinajstić information content (AvgIpc) is 3.71. The molecule has 3 aromatic heterocycles. The van der Waals surface area contributed by atoms with Crippen LogP contribution < -0.4 is 0 Å². The normalized spacial score (nSPS) is 17.3. The lowest BCUT2D eigenvalue weighted by Crippen LogP contribution is -2.47. The number of rotatable bonds is 6. The van der Waals surface area contributed by atoms with E-state index in [9.17, 15) is 4.79 Å². The summed E-state index contributed by atoms with van der Waals surface area (Å²) in [6, 6.07) is 14.0. The van der Waals surface area contributed by atoms with Crippen LogP contribution in [0, 0.1) is 0 Å². The number of hydrogen-bond acceptors (Lipinski definition) is 9. The second-order valence-corrected chi connectivity index (χ2v) is 10.2. The maximum atomic E-state index is 13.0. The number of carbonyl (C=O) groups excluding carboxylic acids is 1. The smallest absolute Gasteiger partial charge is 0.275 e. The third-order valence-electron chi connectivity index (χ3n) is 6.11. The van der Waals surface area contributed by atoms with E-state index in [-0.39, 0.29) is 5.91 Å². The van der Waals surface area contributed by atoms with Crippen LogP contribution in [0.3, 0.4) is 0 Å². The van der Waals surface area contributed by atoms with Crippen LogP contribution >= 0.6 is 23.1 Å². The number of oxazole rings is 1. The SMILES string of the molecule is O=C(c1coc(CSc2nnc(-c3cccs3)n2-c2ccccc2)n1)N1CCC2(CC1)OCCO2. The second-order valence-electron chi connectivity index (χ2n) is 8.27. The first-order chi connectivity index (χ1) is 17.2. The fraction of sp³-hybridized carbons (Fsp3) is 0.333. The minimum Gasteiger partial charge on any atom is -0.447 e.